The Morgan fingerprint density at radius 1 is 1.57 bits per heavy atom. The molecule has 21 heavy (non-hydrogen) atoms. The highest BCUT2D eigenvalue weighted by atomic mass is 16.4. The fraction of sp³-hybridized carbons (Fsp3) is 0.643. The van der Waals surface area contributed by atoms with E-state index in [0.717, 1.165) is 12.1 Å². The number of nitrogens with one attached hydrogen (secondary N) is 2. The Kier molecular flexibility index (Phi) is 4.50. The Morgan fingerprint density at radius 3 is 2.95 bits per heavy atom. The molecule has 2 atom stereocenters. The van der Waals surface area contributed by atoms with E-state index in [4.69, 9.17) is 0 Å². The van der Waals surface area contributed by atoms with Crippen LogP contribution in [0.2, 0.25) is 0 Å². The zero-order valence-corrected chi connectivity index (χ0v) is 12.4. The second kappa shape index (κ2) is 6.15. The number of urea groups is 1. The molecule has 0 spiro atoms. The van der Waals surface area contributed by atoms with Crippen LogP contribution in [-0.4, -0.2) is 39.5 Å². The number of hydrogen-bond donors (Lipinski definition) is 3. The van der Waals surface area contributed by atoms with Gasteiger partial charge in [-0.05, 0) is 25.8 Å². The van der Waals surface area contributed by atoms with Crippen LogP contribution in [0.15, 0.2) is 12.3 Å². The molecule has 2 unspecified atom stereocenters. The molecule has 0 aromatic carbocycles. The van der Waals surface area contributed by atoms with Crippen LogP contribution >= 0.6 is 0 Å². The number of aromatic nitrogens is 2. The van der Waals surface area contributed by atoms with Gasteiger partial charge in [0.05, 0.1) is 11.1 Å². The summed E-state index contributed by atoms with van der Waals surface area (Å²) in [6, 6.07) is 1.27. The maximum absolute atomic E-state index is 11.9. The number of aryl methyl sites for hydroxylation is 1. The van der Waals surface area contributed by atoms with Crippen LogP contribution in [-0.2, 0) is 18.3 Å². The number of carbonyl (C=O) groups is 2. The minimum atomic E-state index is -0.863. The molecule has 1 aliphatic rings. The average Bonchev–Trinajstić information content (AvgIpc) is 2.98. The van der Waals surface area contributed by atoms with Crippen LogP contribution in [0.1, 0.15) is 31.9 Å². The van der Waals surface area contributed by atoms with E-state index in [-0.39, 0.29) is 12.1 Å². The minimum Gasteiger partial charge on any atom is -0.481 e. The van der Waals surface area contributed by atoms with Gasteiger partial charge >= 0.3 is 12.0 Å². The SMILES string of the molecule is Cn1ccc(CCNC(=O)NC2CCCC2(C)C(=O)O)n1. The van der Waals surface area contributed by atoms with E-state index in [9.17, 15) is 14.7 Å². The number of carboxylic acids is 1. The molecule has 0 radical (unpaired) electrons. The van der Waals surface area contributed by atoms with Gasteiger partial charge in [0.25, 0.3) is 0 Å². The first-order valence-electron chi connectivity index (χ1n) is 7.18. The van der Waals surface area contributed by atoms with Crippen molar-refractivity contribution in [2.75, 3.05) is 6.54 Å². The van der Waals surface area contributed by atoms with Crippen molar-refractivity contribution < 1.29 is 14.7 Å². The first kappa shape index (κ1) is 15.3. The van der Waals surface area contributed by atoms with Crippen LogP contribution in [0.4, 0.5) is 4.79 Å². The van der Waals surface area contributed by atoms with Crippen molar-refractivity contribution in [2.24, 2.45) is 12.5 Å². The Balaban J connectivity index is 1.78. The van der Waals surface area contributed by atoms with E-state index >= 15 is 0 Å². The summed E-state index contributed by atoms with van der Waals surface area (Å²) >= 11 is 0. The summed E-state index contributed by atoms with van der Waals surface area (Å²) in [6.45, 7) is 2.17. The molecular weight excluding hydrogens is 272 g/mol. The van der Waals surface area contributed by atoms with Crippen molar-refractivity contribution in [1.82, 2.24) is 20.4 Å². The van der Waals surface area contributed by atoms with Crippen molar-refractivity contribution in [3.05, 3.63) is 18.0 Å². The van der Waals surface area contributed by atoms with Crippen molar-refractivity contribution in [3.63, 3.8) is 0 Å². The molecule has 2 rings (SSSR count). The molecule has 3 N–H and O–H groups in total. The quantitative estimate of drug-likeness (QED) is 0.752. The third-order valence-corrected chi connectivity index (χ3v) is 4.19. The predicted octanol–water partition coefficient (Wildman–Crippen LogP) is 0.905. The lowest BCUT2D eigenvalue weighted by Crippen LogP contribution is -2.50. The first-order chi connectivity index (χ1) is 9.91. The zero-order valence-electron chi connectivity index (χ0n) is 12.4. The molecule has 1 aromatic rings. The lowest BCUT2D eigenvalue weighted by molar-refractivity contribution is -0.148. The van der Waals surface area contributed by atoms with Crippen LogP contribution in [0.5, 0.6) is 0 Å². The van der Waals surface area contributed by atoms with E-state index in [1.54, 1.807) is 11.6 Å². The second-order valence-corrected chi connectivity index (χ2v) is 5.80. The highest BCUT2D eigenvalue weighted by molar-refractivity contribution is 5.79. The molecule has 1 aliphatic carbocycles. The van der Waals surface area contributed by atoms with Gasteiger partial charge in [-0.3, -0.25) is 9.48 Å². The van der Waals surface area contributed by atoms with Gasteiger partial charge in [0.2, 0.25) is 0 Å². The van der Waals surface area contributed by atoms with E-state index in [1.165, 1.54) is 0 Å². The van der Waals surface area contributed by atoms with Crippen molar-refractivity contribution in [2.45, 2.75) is 38.6 Å². The molecule has 1 aromatic heterocycles. The highest BCUT2D eigenvalue weighted by Gasteiger charge is 2.45. The smallest absolute Gasteiger partial charge is 0.315 e. The molecule has 0 aliphatic heterocycles. The summed E-state index contributed by atoms with van der Waals surface area (Å²) in [5, 5.41) is 19.1. The predicted molar refractivity (Wildman–Crippen MR) is 76.8 cm³/mol. The third-order valence-electron chi connectivity index (χ3n) is 4.19. The lowest BCUT2D eigenvalue weighted by atomic mass is 9.85. The van der Waals surface area contributed by atoms with Gasteiger partial charge in [-0.25, -0.2) is 4.79 Å². The molecule has 0 saturated heterocycles. The highest BCUT2D eigenvalue weighted by Crippen LogP contribution is 2.38. The normalized spacial score (nSPS) is 24.8. The van der Waals surface area contributed by atoms with Gasteiger partial charge in [-0.1, -0.05) is 6.42 Å². The maximum Gasteiger partial charge on any atom is 0.315 e. The first-order valence-corrected chi connectivity index (χ1v) is 7.18. The minimum absolute atomic E-state index is 0.315. The third kappa shape index (κ3) is 3.53. The number of carbonyl (C=O) groups excluding carboxylic acids is 1. The molecule has 7 heteroatoms. The van der Waals surface area contributed by atoms with Crippen LogP contribution in [0.25, 0.3) is 0 Å². The van der Waals surface area contributed by atoms with Gasteiger partial charge in [0.15, 0.2) is 0 Å². The standard InChI is InChI=1S/C14H22N4O3/c1-14(12(19)20)7-3-4-11(14)16-13(21)15-8-5-10-6-9-18(2)17-10/h6,9,11H,3-5,7-8H2,1-2H3,(H,19,20)(H2,15,16,21). The lowest BCUT2D eigenvalue weighted by Gasteiger charge is -2.27. The summed E-state index contributed by atoms with van der Waals surface area (Å²) in [5.74, 6) is -0.848. The monoisotopic (exact) mass is 294 g/mol. The van der Waals surface area contributed by atoms with Gasteiger partial charge in [0.1, 0.15) is 0 Å². The van der Waals surface area contributed by atoms with E-state index in [0.29, 0.717) is 25.8 Å². The number of amides is 2. The number of hydrogen-bond acceptors (Lipinski definition) is 3. The molecular formula is C14H22N4O3. The largest absolute Gasteiger partial charge is 0.481 e. The fourth-order valence-corrected chi connectivity index (χ4v) is 2.76. The van der Waals surface area contributed by atoms with Crippen molar-refractivity contribution in [3.8, 4) is 0 Å². The molecule has 1 saturated carbocycles. The van der Waals surface area contributed by atoms with Crippen LogP contribution < -0.4 is 10.6 Å². The summed E-state index contributed by atoms with van der Waals surface area (Å²) in [5.41, 5.74) is 0.0484. The summed E-state index contributed by atoms with van der Waals surface area (Å²) in [7, 11) is 1.84. The topological polar surface area (TPSA) is 96.2 Å². The molecule has 7 nitrogen and oxygen atoms in total. The molecule has 1 heterocycles. The summed E-state index contributed by atoms with van der Waals surface area (Å²) in [6.07, 6.45) is 4.63. The Labute approximate surface area is 123 Å². The zero-order chi connectivity index (χ0) is 15.5. The average molecular weight is 294 g/mol. The fourth-order valence-electron chi connectivity index (χ4n) is 2.76. The second-order valence-electron chi connectivity index (χ2n) is 5.80. The van der Waals surface area contributed by atoms with E-state index < -0.39 is 11.4 Å². The number of carboxylic acid groups (broad SMARTS) is 1. The summed E-state index contributed by atoms with van der Waals surface area (Å²) < 4.78 is 1.71. The number of rotatable bonds is 5. The van der Waals surface area contributed by atoms with Gasteiger partial charge < -0.3 is 15.7 Å². The Morgan fingerprint density at radius 2 is 2.33 bits per heavy atom. The Hall–Kier alpha value is -2.05. The number of nitrogens with zero attached hydrogens (tertiary/aromatic N) is 2. The van der Waals surface area contributed by atoms with E-state index in [2.05, 4.69) is 15.7 Å². The van der Waals surface area contributed by atoms with Crippen LogP contribution in [0.3, 0.4) is 0 Å². The van der Waals surface area contributed by atoms with Gasteiger partial charge in [-0.2, -0.15) is 5.10 Å². The van der Waals surface area contributed by atoms with E-state index in [1.807, 2.05) is 19.3 Å². The maximum atomic E-state index is 11.9. The Bertz CT molecular complexity index is 528. The van der Waals surface area contributed by atoms with Crippen LogP contribution in [0, 0.1) is 5.41 Å². The van der Waals surface area contributed by atoms with Crippen molar-refractivity contribution >= 4 is 12.0 Å². The van der Waals surface area contributed by atoms with Gasteiger partial charge in [-0.15, -0.1) is 0 Å². The summed E-state index contributed by atoms with van der Waals surface area (Å²) in [4.78, 5) is 23.2. The number of aliphatic carboxylic acids is 1. The van der Waals surface area contributed by atoms with Crippen molar-refractivity contribution in [1.29, 1.82) is 0 Å². The van der Waals surface area contributed by atoms with Gasteiger partial charge in [0, 0.05) is 32.3 Å². The molecule has 1 fully saturated rings. The molecule has 0 bridgehead atoms. The molecule has 2 amide bonds. The molecule has 116 valence electrons.